The van der Waals surface area contributed by atoms with Crippen LogP contribution in [0.4, 0.5) is 5.69 Å². The topological polar surface area (TPSA) is 87.3 Å². The molecule has 1 heterocycles. The van der Waals surface area contributed by atoms with Crippen LogP contribution in [0.15, 0.2) is 18.2 Å². The highest BCUT2D eigenvalue weighted by Crippen LogP contribution is 2.22. The Morgan fingerprint density at radius 2 is 2.13 bits per heavy atom. The molecule has 7 heteroatoms. The predicted octanol–water partition coefficient (Wildman–Crippen LogP) is 2.09. The van der Waals surface area contributed by atoms with Gasteiger partial charge in [-0.15, -0.1) is 0 Å². The van der Waals surface area contributed by atoms with Gasteiger partial charge in [-0.05, 0) is 37.5 Å². The Labute approximate surface area is 140 Å². The van der Waals surface area contributed by atoms with Gasteiger partial charge in [0, 0.05) is 18.0 Å². The van der Waals surface area contributed by atoms with E-state index in [1.807, 2.05) is 0 Å². The molecule has 1 saturated heterocycles. The average Bonchev–Trinajstić information content (AvgIpc) is 2.72. The minimum absolute atomic E-state index is 0.177. The molecule has 1 aliphatic rings. The SMILES string of the molecule is CCC(=O)Nc1cc(Cl)ccc1C(=O)NC1CCCCNC1=O. The van der Waals surface area contributed by atoms with Gasteiger partial charge in [0.05, 0.1) is 11.3 Å². The lowest BCUT2D eigenvalue weighted by atomic mass is 10.1. The Morgan fingerprint density at radius 1 is 1.35 bits per heavy atom. The average molecular weight is 338 g/mol. The van der Waals surface area contributed by atoms with Crippen molar-refractivity contribution in [2.75, 3.05) is 11.9 Å². The fraction of sp³-hybridized carbons (Fsp3) is 0.438. The molecule has 3 amide bonds. The van der Waals surface area contributed by atoms with E-state index in [0.717, 1.165) is 12.8 Å². The van der Waals surface area contributed by atoms with E-state index in [4.69, 9.17) is 11.6 Å². The van der Waals surface area contributed by atoms with E-state index < -0.39 is 11.9 Å². The Kier molecular flexibility index (Phi) is 5.98. The van der Waals surface area contributed by atoms with Crippen LogP contribution in [0.2, 0.25) is 5.02 Å². The fourth-order valence-electron chi connectivity index (χ4n) is 2.37. The van der Waals surface area contributed by atoms with Crippen LogP contribution in [0.25, 0.3) is 0 Å². The van der Waals surface area contributed by atoms with Gasteiger partial charge in [-0.3, -0.25) is 14.4 Å². The molecule has 1 atom stereocenters. The Hall–Kier alpha value is -2.08. The second kappa shape index (κ2) is 7.97. The van der Waals surface area contributed by atoms with E-state index >= 15 is 0 Å². The Balaban J connectivity index is 2.17. The molecule has 1 fully saturated rings. The summed E-state index contributed by atoms with van der Waals surface area (Å²) < 4.78 is 0. The lowest BCUT2D eigenvalue weighted by molar-refractivity contribution is -0.122. The van der Waals surface area contributed by atoms with Crippen LogP contribution < -0.4 is 16.0 Å². The van der Waals surface area contributed by atoms with Crippen molar-refractivity contribution in [2.45, 2.75) is 38.6 Å². The van der Waals surface area contributed by atoms with Crippen LogP contribution in [0, 0.1) is 0 Å². The maximum absolute atomic E-state index is 12.5. The van der Waals surface area contributed by atoms with Gasteiger partial charge in [0.25, 0.3) is 5.91 Å². The minimum Gasteiger partial charge on any atom is -0.354 e. The van der Waals surface area contributed by atoms with Crippen molar-refractivity contribution in [3.05, 3.63) is 28.8 Å². The van der Waals surface area contributed by atoms with Gasteiger partial charge in [0.1, 0.15) is 6.04 Å². The maximum Gasteiger partial charge on any atom is 0.254 e. The molecular formula is C16H20ClN3O3. The van der Waals surface area contributed by atoms with Gasteiger partial charge in [0.15, 0.2) is 0 Å². The lowest BCUT2D eigenvalue weighted by Gasteiger charge is -2.17. The van der Waals surface area contributed by atoms with Crippen molar-refractivity contribution >= 4 is 35.0 Å². The van der Waals surface area contributed by atoms with Crippen LogP contribution in [0.3, 0.4) is 0 Å². The van der Waals surface area contributed by atoms with Gasteiger partial charge < -0.3 is 16.0 Å². The molecule has 6 nitrogen and oxygen atoms in total. The number of hydrogen-bond donors (Lipinski definition) is 3. The molecule has 3 N–H and O–H groups in total. The van der Waals surface area contributed by atoms with Crippen molar-refractivity contribution in [1.82, 2.24) is 10.6 Å². The molecule has 0 saturated carbocycles. The standard InChI is InChI=1S/C16H20ClN3O3/c1-2-14(21)19-13-9-10(17)6-7-11(13)15(22)20-12-5-3-4-8-18-16(12)23/h6-7,9,12H,2-5,8H2,1H3,(H,18,23)(H,19,21)(H,20,22). The molecule has 1 unspecified atom stereocenters. The normalized spacial score (nSPS) is 17.8. The zero-order chi connectivity index (χ0) is 16.8. The molecule has 124 valence electrons. The number of hydrogen-bond acceptors (Lipinski definition) is 3. The molecule has 23 heavy (non-hydrogen) atoms. The number of rotatable bonds is 4. The summed E-state index contributed by atoms with van der Waals surface area (Å²) >= 11 is 5.94. The van der Waals surface area contributed by atoms with Crippen molar-refractivity contribution in [1.29, 1.82) is 0 Å². The van der Waals surface area contributed by atoms with E-state index in [-0.39, 0.29) is 17.4 Å². The Bertz CT molecular complexity index is 619. The molecule has 0 radical (unpaired) electrons. The molecule has 0 bridgehead atoms. The zero-order valence-electron chi connectivity index (χ0n) is 12.9. The summed E-state index contributed by atoms with van der Waals surface area (Å²) in [5.74, 6) is -0.799. The maximum atomic E-state index is 12.5. The third-order valence-corrected chi connectivity index (χ3v) is 3.90. The van der Waals surface area contributed by atoms with E-state index in [9.17, 15) is 14.4 Å². The fourth-order valence-corrected chi connectivity index (χ4v) is 2.54. The summed E-state index contributed by atoms with van der Waals surface area (Å²) in [6.45, 7) is 2.35. The van der Waals surface area contributed by atoms with Gasteiger partial charge >= 0.3 is 0 Å². The van der Waals surface area contributed by atoms with Crippen molar-refractivity contribution in [3.63, 3.8) is 0 Å². The second-order valence-electron chi connectivity index (χ2n) is 5.40. The largest absolute Gasteiger partial charge is 0.354 e. The number of carbonyl (C=O) groups excluding carboxylic acids is 3. The van der Waals surface area contributed by atoms with Crippen LogP contribution >= 0.6 is 11.6 Å². The summed E-state index contributed by atoms with van der Waals surface area (Å²) in [5, 5.41) is 8.58. The molecule has 0 aromatic heterocycles. The molecule has 1 aliphatic heterocycles. The minimum atomic E-state index is -0.560. The highest BCUT2D eigenvalue weighted by molar-refractivity contribution is 6.31. The molecule has 1 aromatic carbocycles. The van der Waals surface area contributed by atoms with E-state index in [1.54, 1.807) is 13.0 Å². The monoisotopic (exact) mass is 337 g/mol. The third kappa shape index (κ3) is 4.69. The first-order chi connectivity index (χ1) is 11.0. The number of carbonyl (C=O) groups is 3. The van der Waals surface area contributed by atoms with Crippen LogP contribution in [0.5, 0.6) is 0 Å². The Morgan fingerprint density at radius 3 is 2.87 bits per heavy atom. The number of amides is 3. The molecule has 0 spiro atoms. The summed E-state index contributed by atoms with van der Waals surface area (Å²) in [6.07, 6.45) is 2.65. The molecule has 0 aliphatic carbocycles. The van der Waals surface area contributed by atoms with E-state index in [1.165, 1.54) is 12.1 Å². The van der Waals surface area contributed by atoms with Gasteiger partial charge in [-0.2, -0.15) is 0 Å². The zero-order valence-corrected chi connectivity index (χ0v) is 13.7. The highest BCUT2D eigenvalue weighted by Gasteiger charge is 2.24. The number of benzene rings is 1. The number of anilines is 1. The van der Waals surface area contributed by atoms with E-state index in [2.05, 4.69) is 16.0 Å². The molecule has 1 aromatic rings. The lowest BCUT2D eigenvalue weighted by Crippen LogP contribution is -2.45. The van der Waals surface area contributed by atoms with Crippen LogP contribution in [-0.2, 0) is 9.59 Å². The highest BCUT2D eigenvalue weighted by atomic mass is 35.5. The van der Waals surface area contributed by atoms with Crippen molar-refractivity contribution in [2.24, 2.45) is 0 Å². The van der Waals surface area contributed by atoms with Gasteiger partial charge in [-0.25, -0.2) is 0 Å². The van der Waals surface area contributed by atoms with Crippen molar-refractivity contribution < 1.29 is 14.4 Å². The molecule has 2 rings (SSSR count). The van der Waals surface area contributed by atoms with Crippen LogP contribution in [-0.4, -0.2) is 30.3 Å². The van der Waals surface area contributed by atoms with Crippen LogP contribution in [0.1, 0.15) is 43.0 Å². The number of nitrogens with one attached hydrogen (secondary N) is 3. The summed E-state index contributed by atoms with van der Waals surface area (Å²) in [7, 11) is 0. The quantitative estimate of drug-likeness (QED) is 0.786. The smallest absolute Gasteiger partial charge is 0.254 e. The first-order valence-corrected chi connectivity index (χ1v) is 8.07. The summed E-state index contributed by atoms with van der Waals surface area (Å²) in [5.41, 5.74) is 0.629. The third-order valence-electron chi connectivity index (χ3n) is 3.66. The summed E-state index contributed by atoms with van der Waals surface area (Å²) in [6, 6.07) is 4.08. The summed E-state index contributed by atoms with van der Waals surface area (Å²) in [4.78, 5) is 36.0. The number of halogens is 1. The molecular weight excluding hydrogens is 318 g/mol. The first kappa shape index (κ1) is 17.3. The van der Waals surface area contributed by atoms with Gasteiger partial charge in [0.2, 0.25) is 11.8 Å². The first-order valence-electron chi connectivity index (χ1n) is 7.69. The second-order valence-corrected chi connectivity index (χ2v) is 5.84. The van der Waals surface area contributed by atoms with Crippen molar-refractivity contribution in [3.8, 4) is 0 Å². The van der Waals surface area contributed by atoms with E-state index in [0.29, 0.717) is 30.1 Å². The van der Waals surface area contributed by atoms with Gasteiger partial charge in [-0.1, -0.05) is 18.5 Å². The predicted molar refractivity (Wildman–Crippen MR) is 88.5 cm³/mol.